The van der Waals surface area contributed by atoms with E-state index in [1.165, 1.54) is 12.8 Å². The quantitative estimate of drug-likeness (QED) is 0.905. The first-order chi connectivity index (χ1) is 10.2. The highest BCUT2D eigenvalue weighted by atomic mass is 16.5. The Balaban J connectivity index is 1.89. The molecule has 1 aliphatic carbocycles. The average molecular weight is 289 g/mol. The van der Waals surface area contributed by atoms with E-state index < -0.39 is 5.97 Å². The molecule has 4 heteroatoms. The number of hydrogen-bond donors (Lipinski definition) is 1. The van der Waals surface area contributed by atoms with Crippen LogP contribution in [0.1, 0.15) is 30.9 Å². The van der Waals surface area contributed by atoms with E-state index in [2.05, 4.69) is 17.0 Å². The van der Waals surface area contributed by atoms with E-state index in [-0.39, 0.29) is 12.1 Å². The van der Waals surface area contributed by atoms with Gasteiger partial charge in [0.05, 0.1) is 12.6 Å². The molecule has 1 aromatic rings. The van der Waals surface area contributed by atoms with Gasteiger partial charge in [-0.05, 0) is 30.2 Å². The van der Waals surface area contributed by atoms with E-state index in [9.17, 15) is 9.90 Å². The highest BCUT2D eigenvalue weighted by Gasteiger charge is 2.49. The van der Waals surface area contributed by atoms with Gasteiger partial charge < -0.3 is 9.84 Å². The lowest BCUT2D eigenvalue weighted by Gasteiger charge is -2.32. The Morgan fingerprint density at radius 2 is 2.14 bits per heavy atom. The third-order valence-corrected chi connectivity index (χ3v) is 5.09. The molecule has 1 saturated heterocycles. The van der Waals surface area contributed by atoms with Crippen molar-refractivity contribution in [3.8, 4) is 0 Å². The normalized spacial score (nSPS) is 30.2. The molecular weight excluding hydrogens is 266 g/mol. The summed E-state index contributed by atoms with van der Waals surface area (Å²) in [5.74, 6) is 0.168. The average Bonchev–Trinajstić information content (AvgIpc) is 3.05. The summed E-state index contributed by atoms with van der Waals surface area (Å²) in [4.78, 5) is 14.0. The summed E-state index contributed by atoms with van der Waals surface area (Å²) in [6.07, 6.45) is 3.39. The standard InChI is InChI=1S/C17H23NO3/c1-21-11-15(12-6-3-2-4-7-12)18-10-13-8-5-9-14(13)16(18)17(19)20/h2-4,6-7,13-16H,5,8-11H2,1H3,(H,19,20). The predicted octanol–water partition coefficient (Wildman–Crippen LogP) is 2.56. The van der Waals surface area contributed by atoms with Gasteiger partial charge in [-0.3, -0.25) is 9.69 Å². The van der Waals surface area contributed by atoms with Crippen molar-refractivity contribution in [1.82, 2.24) is 4.90 Å². The van der Waals surface area contributed by atoms with Crippen LogP contribution in [0.15, 0.2) is 30.3 Å². The zero-order valence-electron chi connectivity index (χ0n) is 12.4. The Bertz CT molecular complexity index is 490. The SMILES string of the molecule is COCC(c1ccccc1)N1CC2CCCC2C1C(=O)O. The van der Waals surface area contributed by atoms with E-state index in [4.69, 9.17) is 4.74 Å². The van der Waals surface area contributed by atoms with Gasteiger partial charge in [0.2, 0.25) is 0 Å². The number of carboxylic acid groups (broad SMARTS) is 1. The molecule has 2 fully saturated rings. The molecule has 0 spiro atoms. The first-order valence-corrected chi connectivity index (χ1v) is 7.74. The van der Waals surface area contributed by atoms with Gasteiger partial charge in [-0.1, -0.05) is 36.8 Å². The second-order valence-electron chi connectivity index (χ2n) is 6.22. The monoisotopic (exact) mass is 289 g/mol. The van der Waals surface area contributed by atoms with E-state index in [0.717, 1.165) is 18.5 Å². The van der Waals surface area contributed by atoms with Crippen LogP contribution >= 0.6 is 0 Å². The van der Waals surface area contributed by atoms with Crippen LogP contribution in [0.25, 0.3) is 0 Å². The van der Waals surface area contributed by atoms with Crippen molar-refractivity contribution in [1.29, 1.82) is 0 Å². The maximum absolute atomic E-state index is 11.8. The number of carbonyl (C=O) groups is 1. The number of benzene rings is 1. The summed E-state index contributed by atoms with van der Waals surface area (Å²) in [5.41, 5.74) is 1.14. The molecule has 1 N–H and O–H groups in total. The summed E-state index contributed by atoms with van der Waals surface area (Å²) in [7, 11) is 1.68. The number of carboxylic acids is 1. The number of methoxy groups -OCH3 is 1. The molecule has 3 rings (SSSR count). The van der Waals surface area contributed by atoms with Gasteiger partial charge >= 0.3 is 5.97 Å². The fourth-order valence-corrected chi connectivity index (χ4v) is 4.20. The Morgan fingerprint density at radius 3 is 2.81 bits per heavy atom. The van der Waals surface area contributed by atoms with Crippen LogP contribution in [-0.2, 0) is 9.53 Å². The van der Waals surface area contributed by atoms with Crippen LogP contribution in [0.4, 0.5) is 0 Å². The number of ether oxygens (including phenoxy) is 1. The molecule has 1 heterocycles. The predicted molar refractivity (Wildman–Crippen MR) is 80.0 cm³/mol. The van der Waals surface area contributed by atoms with Crippen molar-refractivity contribution in [2.75, 3.05) is 20.3 Å². The Kier molecular flexibility index (Phi) is 4.27. The van der Waals surface area contributed by atoms with Crippen molar-refractivity contribution in [2.45, 2.75) is 31.3 Å². The first kappa shape index (κ1) is 14.5. The molecule has 0 radical (unpaired) electrons. The molecule has 0 bridgehead atoms. The van der Waals surface area contributed by atoms with Crippen LogP contribution in [0, 0.1) is 11.8 Å². The molecule has 4 unspecified atom stereocenters. The first-order valence-electron chi connectivity index (χ1n) is 7.74. The summed E-state index contributed by atoms with van der Waals surface area (Å²) in [6.45, 7) is 1.41. The smallest absolute Gasteiger partial charge is 0.321 e. The number of rotatable bonds is 5. The molecule has 4 nitrogen and oxygen atoms in total. The van der Waals surface area contributed by atoms with Gasteiger partial charge in [0, 0.05) is 13.7 Å². The van der Waals surface area contributed by atoms with Crippen molar-refractivity contribution < 1.29 is 14.6 Å². The summed E-state index contributed by atoms with van der Waals surface area (Å²) in [5, 5.41) is 9.71. The van der Waals surface area contributed by atoms with Crippen molar-refractivity contribution in [2.24, 2.45) is 11.8 Å². The zero-order valence-corrected chi connectivity index (χ0v) is 12.4. The minimum Gasteiger partial charge on any atom is -0.480 e. The third-order valence-electron chi connectivity index (χ3n) is 5.09. The highest BCUT2D eigenvalue weighted by Crippen LogP contribution is 2.45. The fourth-order valence-electron chi connectivity index (χ4n) is 4.20. The van der Waals surface area contributed by atoms with E-state index in [1.54, 1.807) is 7.11 Å². The molecule has 1 saturated carbocycles. The lowest BCUT2D eigenvalue weighted by molar-refractivity contribution is -0.145. The third kappa shape index (κ3) is 2.70. The molecular formula is C17H23NO3. The van der Waals surface area contributed by atoms with Crippen LogP contribution in [0.5, 0.6) is 0 Å². The molecule has 4 atom stereocenters. The number of aliphatic carboxylic acids is 1. The van der Waals surface area contributed by atoms with Crippen molar-refractivity contribution in [3.05, 3.63) is 35.9 Å². The highest BCUT2D eigenvalue weighted by molar-refractivity contribution is 5.74. The second-order valence-corrected chi connectivity index (χ2v) is 6.22. The van der Waals surface area contributed by atoms with Crippen molar-refractivity contribution in [3.63, 3.8) is 0 Å². The number of nitrogens with zero attached hydrogens (tertiary/aromatic N) is 1. The summed E-state index contributed by atoms with van der Waals surface area (Å²) >= 11 is 0. The van der Waals surface area contributed by atoms with E-state index in [1.807, 2.05) is 18.2 Å². The molecule has 0 aromatic heterocycles. The minimum atomic E-state index is -0.679. The van der Waals surface area contributed by atoms with E-state index in [0.29, 0.717) is 18.4 Å². The molecule has 2 aliphatic rings. The maximum atomic E-state index is 11.8. The molecule has 0 amide bonds. The number of fused-ring (bicyclic) bond motifs is 1. The Labute approximate surface area is 125 Å². The lowest BCUT2D eigenvalue weighted by atomic mass is 9.94. The number of hydrogen-bond acceptors (Lipinski definition) is 3. The Morgan fingerprint density at radius 1 is 1.38 bits per heavy atom. The van der Waals surface area contributed by atoms with Crippen LogP contribution < -0.4 is 0 Å². The van der Waals surface area contributed by atoms with Gasteiger partial charge in [0.25, 0.3) is 0 Å². The molecule has 21 heavy (non-hydrogen) atoms. The molecule has 1 aromatic carbocycles. The minimum absolute atomic E-state index is 0.0305. The fraction of sp³-hybridized carbons (Fsp3) is 0.588. The zero-order chi connectivity index (χ0) is 14.8. The maximum Gasteiger partial charge on any atom is 0.321 e. The van der Waals surface area contributed by atoms with Crippen LogP contribution in [0.2, 0.25) is 0 Å². The lowest BCUT2D eigenvalue weighted by Crippen LogP contribution is -2.43. The van der Waals surface area contributed by atoms with E-state index >= 15 is 0 Å². The van der Waals surface area contributed by atoms with Gasteiger partial charge in [0.1, 0.15) is 6.04 Å². The van der Waals surface area contributed by atoms with Gasteiger partial charge in [-0.25, -0.2) is 0 Å². The van der Waals surface area contributed by atoms with Gasteiger partial charge in [0.15, 0.2) is 0 Å². The Hall–Kier alpha value is -1.39. The second kappa shape index (κ2) is 6.16. The molecule has 114 valence electrons. The van der Waals surface area contributed by atoms with Gasteiger partial charge in [-0.2, -0.15) is 0 Å². The largest absolute Gasteiger partial charge is 0.480 e. The van der Waals surface area contributed by atoms with Gasteiger partial charge in [-0.15, -0.1) is 0 Å². The number of likely N-dealkylation sites (tertiary alicyclic amines) is 1. The van der Waals surface area contributed by atoms with Crippen LogP contribution in [0.3, 0.4) is 0 Å². The summed E-state index contributed by atoms with van der Waals surface area (Å²) < 4.78 is 5.39. The topological polar surface area (TPSA) is 49.8 Å². The summed E-state index contributed by atoms with van der Waals surface area (Å²) in [6, 6.07) is 9.80. The van der Waals surface area contributed by atoms with Crippen LogP contribution in [-0.4, -0.2) is 42.3 Å². The molecule has 1 aliphatic heterocycles. The van der Waals surface area contributed by atoms with Crippen molar-refractivity contribution >= 4 is 5.97 Å².